The molecular formula is C19H31IN8. The fourth-order valence-electron chi connectivity index (χ4n) is 3.31. The van der Waals surface area contributed by atoms with Crippen LogP contribution in [0.15, 0.2) is 29.6 Å². The Morgan fingerprint density at radius 3 is 2.79 bits per heavy atom. The Bertz CT molecular complexity index is 739. The van der Waals surface area contributed by atoms with Crippen molar-refractivity contribution in [1.29, 1.82) is 0 Å². The number of nitrogens with one attached hydrogen (secondary N) is 2. The molecule has 0 bridgehead atoms. The predicted octanol–water partition coefficient (Wildman–Crippen LogP) is 2.21. The number of pyridine rings is 1. The summed E-state index contributed by atoms with van der Waals surface area (Å²) in [7, 11) is 1.79. The van der Waals surface area contributed by atoms with Crippen LogP contribution in [0, 0.1) is 0 Å². The zero-order chi connectivity index (χ0) is 18.9. The zero-order valence-electron chi connectivity index (χ0n) is 16.8. The SMILES string of the molecule is CCc1nncn1CCNC(=NC)NCc1ccnc(N2CCCCC2)c1.I. The van der Waals surface area contributed by atoms with Gasteiger partial charge in [-0.25, -0.2) is 4.98 Å². The summed E-state index contributed by atoms with van der Waals surface area (Å²) in [5.41, 5.74) is 1.21. The Morgan fingerprint density at radius 1 is 1.21 bits per heavy atom. The Balaban J connectivity index is 0.00000280. The molecule has 2 N–H and O–H groups in total. The molecule has 0 atom stereocenters. The van der Waals surface area contributed by atoms with E-state index in [9.17, 15) is 0 Å². The van der Waals surface area contributed by atoms with Crippen LogP contribution in [0.5, 0.6) is 0 Å². The van der Waals surface area contributed by atoms with Gasteiger partial charge >= 0.3 is 0 Å². The highest BCUT2D eigenvalue weighted by Crippen LogP contribution is 2.18. The number of nitrogens with zero attached hydrogens (tertiary/aromatic N) is 6. The summed E-state index contributed by atoms with van der Waals surface area (Å²) in [4.78, 5) is 11.2. The van der Waals surface area contributed by atoms with Crippen molar-refractivity contribution in [3.63, 3.8) is 0 Å². The Labute approximate surface area is 184 Å². The number of rotatable bonds is 7. The number of piperidine rings is 1. The molecule has 3 rings (SSSR count). The maximum atomic E-state index is 4.54. The van der Waals surface area contributed by atoms with E-state index in [-0.39, 0.29) is 24.0 Å². The first-order valence-electron chi connectivity index (χ1n) is 9.81. The van der Waals surface area contributed by atoms with E-state index < -0.39 is 0 Å². The van der Waals surface area contributed by atoms with Crippen molar-refractivity contribution in [2.24, 2.45) is 4.99 Å². The summed E-state index contributed by atoms with van der Waals surface area (Å²) >= 11 is 0. The lowest BCUT2D eigenvalue weighted by Gasteiger charge is -2.28. The summed E-state index contributed by atoms with van der Waals surface area (Å²) in [6.07, 6.45) is 8.40. The highest BCUT2D eigenvalue weighted by molar-refractivity contribution is 14.0. The third kappa shape index (κ3) is 6.32. The first-order chi connectivity index (χ1) is 13.3. The molecule has 1 aliphatic rings. The molecule has 2 aromatic rings. The van der Waals surface area contributed by atoms with Crippen LogP contribution in [0.4, 0.5) is 5.82 Å². The predicted molar refractivity (Wildman–Crippen MR) is 123 cm³/mol. The van der Waals surface area contributed by atoms with Gasteiger partial charge in [0, 0.05) is 52.4 Å². The molecule has 9 heteroatoms. The van der Waals surface area contributed by atoms with Crippen LogP contribution in [-0.4, -0.2) is 52.4 Å². The summed E-state index contributed by atoms with van der Waals surface area (Å²) in [6, 6.07) is 4.23. The Kier molecular flexibility index (Phi) is 9.45. The molecule has 0 aromatic carbocycles. The van der Waals surface area contributed by atoms with Gasteiger partial charge in [0.1, 0.15) is 18.0 Å². The van der Waals surface area contributed by atoms with Crippen LogP contribution in [0.25, 0.3) is 0 Å². The molecule has 0 saturated carbocycles. The number of guanidine groups is 1. The third-order valence-electron chi connectivity index (χ3n) is 4.83. The summed E-state index contributed by atoms with van der Waals surface area (Å²) < 4.78 is 2.06. The molecule has 3 heterocycles. The van der Waals surface area contributed by atoms with Crippen LogP contribution < -0.4 is 15.5 Å². The number of anilines is 1. The molecule has 0 radical (unpaired) electrons. The van der Waals surface area contributed by atoms with Crippen LogP contribution in [0.3, 0.4) is 0 Å². The number of hydrogen-bond donors (Lipinski definition) is 2. The molecular weight excluding hydrogens is 467 g/mol. The molecule has 1 aliphatic heterocycles. The van der Waals surface area contributed by atoms with Gasteiger partial charge in [0.2, 0.25) is 0 Å². The minimum absolute atomic E-state index is 0. The number of aryl methyl sites for hydroxylation is 1. The van der Waals surface area contributed by atoms with Crippen molar-refractivity contribution in [2.75, 3.05) is 31.6 Å². The fraction of sp³-hybridized carbons (Fsp3) is 0.579. The minimum atomic E-state index is 0. The Morgan fingerprint density at radius 2 is 2.04 bits per heavy atom. The summed E-state index contributed by atoms with van der Waals surface area (Å²) in [6.45, 7) is 6.59. The average molecular weight is 498 g/mol. The second kappa shape index (κ2) is 11.8. The van der Waals surface area contributed by atoms with E-state index in [0.29, 0.717) is 0 Å². The maximum Gasteiger partial charge on any atom is 0.191 e. The van der Waals surface area contributed by atoms with E-state index >= 15 is 0 Å². The van der Waals surface area contributed by atoms with E-state index in [0.717, 1.165) is 56.7 Å². The van der Waals surface area contributed by atoms with Gasteiger partial charge in [-0.3, -0.25) is 4.99 Å². The van der Waals surface area contributed by atoms with Crippen LogP contribution >= 0.6 is 24.0 Å². The summed E-state index contributed by atoms with van der Waals surface area (Å²) in [5.74, 6) is 2.87. The second-order valence-electron chi connectivity index (χ2n) is 6.72. The summed E-state index contributed by atoms with van der Waals surface area (Å²) in [5, 5.41) is 14.8. The van der Waals surface area contributed by atoms with E-state index in [4.69, 9.17) is 0 Å². The molecule has 8 nitrogen and oxygen atoms in total. The molecule has 2 aromatic heterocycles. The van der Waals surface area contributed by atoms with Crippen molar-refractivity contribution < 1.29 is 0 Å². The maximum absolute atomic E-state index is 4.54. The van der Waals surface area contributed by atoms with Gasteiger partial charge in [-0.1, -0.05) is 6.92 Å². The quantitative estimate of drug-likeness (QED) is 0.346. The standard InChI is InChI=1S/C19H30N8.HI/c1-3-17-25-24-15-27(17)12-9-22-19(20-2)23-14-16-7-8-21-18(13-16)26-10-5-4-6-11-26;/h7-8,13,15H,3-6,9-12,14H2,1-2H3,(H2,20,22,23);1H. The molecule has 1 saturated heterocycles. The monoisotopic (exact) mass is 498 g/mol. The van der Waals surface area contributed by atoms with E-state index in [1.165, 1.54) is 24.8 Å². The first-order valence-corrected chi connectivity index (χ1v) is 9.81. The smallest absolute Gasteiger partial charge is 0.191 e. The molecule has 1 fully saturated rings. The number of hydrogen-bond acceptors (Lipinski definition) is 5. The lowest BCUT2D eigenvalue weighted by atomic mass is 10.1. The number of aliphatic imine (C=N–C) groups is 1. The normalized spacial score (nSPS) is 14.5. The van der Waals surface area contributed by atoms with Crippen LogP contribution in [-0.2, 0) is 19.5 Å². The lowest BCUT2D eigenvalue weighted by molar-refractivity contribution is 0.573. The van der Waals surface area contributed by atoms with Crippen molar-refractivity contribution in [3.8, 4) is 0 Å². The van der Waals surface area contributed by atoms with Gasteiger partial charge in [0.25, 0.3) is 0 Å². The third-order valence-corrected chi connectivity index (χ3v) is 4.83. The molecule has 0 spiro atoms. The van der Waals surface area contributed by atoms with Crippen molar-refractivity contribution in [2.45, 2.75) is 45.7 Å². The van der Waals surface area contributed by atoms with E-state index in [2.05, 4.69) is 59.3 Å². The van der Waals surface area contributed by atoms with E-state index in [1.54, 1.807) is 13.4 Å². The van der Waals surface area contributed by atoms with Gasteiger partial charge in [-0.2, -0.15) is 0 Å². The van der Waals surface area contributed by atoms with Gasteiger partial charge in [-0.05, 0) is 37.0 Å². The van der Waals surface area contributed by atoms with Crippen LogP contribution in [0.2, 0.25) is 0 Å². The number of aromatic nitrogens is 4. The zero-order valence-corrected chi connectivity index (χ0v) is 19.1. The average Bonchev–Trinajstić information content (AvgIpc) is 3.19. The Hall–Kier alpha value is -1.91. The topological polar surface area (TPSA) is 83.3 Å². The molecule has 28 heavy (non-hydrogen) atoms. The molecule has 0 unspecified atom stereocenters. The van der Waals surface area contributed by atoms with E-state index in [1.807, 2.05) is 6.20 Å². The van der Waals surface area contributed by atoms with Crippen LogP contribution in [0.1, 0.15) is 37.6 Å². The second-order valence-corrected chi connectivity index (χ2v) is 6.72. The number of halogens is 1. The van der Waals surface area contributed by atoms with Gasteiger partial charge < -0.3 is 20.1 Å². The molecule has 0 amide bonds. The largest absolute Gasteiger partial charge is 0.357 e. The van der Waals surface area contributed by atoms with Gasteiger partial charge in [0.05, 0.1) is 0 Å². The highest BCUT2D eigenvalue weighted by Gasteiger charge is 2.12. The lowest BCUT2D eigenvalue weighted by Crippen LogP contribution is -2.38. The van der Waals surface area contributed by atoms with Crippen molar-refractivity contribution in [1.82, 2.24) is 30.4 Å². The van der Waals surface area contributed by atoms with Crippen molar-refractivity contribution in [3.05, 3.63) is 36.0 Å². The van der Waals surface area contributed by atoms with Gasteiger partial charge in [0.15, 0.2) is 5.96 Å². The molecule has 154 valence electrons. The fourth-order valence-corrected chi connectivity index (χ4v) is 3.31. The minimum Gasteiger partial charge on any atom is -0.357 e. The first kappa shape index (κ1) is 22.4. The van der Waals surface area contributed by atoms with Gasteiger partial charge in [-0.15, -0.1) is 34.2 Å². The molecule has 0 aliphatic carbocycles. The highest BCUT2D eigenvalue weighted by atomic mass is 127. The van der Waals surface area contributed by atoms with Crippen molar-refractivity contribution >= 4 is 35.8 Å².